The van der Waals surface area contributed by atoms with E-state index in [9.17, 15) is 18.0 Å². The van der Waals surface area contributed by atoms with Gasteiger partial charge in [0, 0.05) is 45.2 Å². The summed E-state index contributed by atoms with van der Waals surface area (Å²) in [6.45, 7) is 0.316. The number of nitrogens with one attached hydrogen (secondary N) is 3. The summed E-state index contributed by atoms with van der Waals surface area (Å²) in [4.78, 5) is 17.5. The molecule has 2 rings (SSSR count). The van der Waals surface area contributed by atoms with E-state index in [1.54, 1.807) is 7.05 Å². The summed E-state index contributed by atoms with van der Waals surface area (Å²) in [5.74, 6) is 0.548. The van der Waals surface area contributed by atoms with Crippen LogP contribution in [0.2, 0.25) is 0 Å². The maximum absolute atomic E-state index is 12.4. The van der Waals surface area contributed by atoms with Crippen LogP contribution in [0.15, 0.2) is 4.99 Å². The van der Waals surface area contributed by atoms with Crippen LogP contribution < -0.4 is 16.0 Å². The quantitative estimate of drug-likeness (QED) is 0.486. The predicted molar refractivity (Wildman–Crippen MR) is 95.0 cm³/mol. The molecule has 26 heavy (non-hydrogen) atoms. The maximum Gasteiger partial charge on any atom is 0.401 e. The van der Waals surface area contributed by atoms with Crippen molar-refractivity contribution in [2.45, 2.75) is 63.2 Å². The first-order valence-electron chi connectivity index (χ1n) is 9.41. The zero-order valence-electron chi connectivity index (χ0n) is 15.4. The number of hydrogen-bond acceptors (Lipinski definition) is 3. The van der Waals surface area contributed by atoms with Gasteiger partial charge in [-0.25, -0.2) is 0 Å². The van der Waals surface area contributed by atoms with E-state index in [2.05, 4.69) is 20.9 Å². The second-order valence-corrected chi connectivity index (χ2v) is 7.13. The molecule has 1 aliphatic carbocycles. The summed E-state index contributed by atoms with van der Waals surface area (Å²) in [5, 5.41) is 9.26. The van der Waals surface area contributed by atoms with Gasteiger partial charge in [-0.3, -0.25) is 14.7 Å². The molecular formula is C17H30F3N5O. The molecule has 150 valence electrons. The molecule has 1 saturated heterocycles. The number of amides is 1. The molecule has 0 bridgehead atoms. The normalized spacial score (nSPS) is 23.1. The minimum absolute atomic E-state index is 0.0251. The Bertz CT molecular complexity index is 478. The highest BCUT2D eigenvalue weighted by molar-refractivity contribution is 5.81. The first-order chi connectivity index (χ1) is 12.4. The highest BCUT2D eigenvalue weighted by Crippen LogP contribution is 2.20. The van der Waals surface area contributed by atoms with Crippen LogP contribution in [0, 0.1) is 0 Å². The SMILES string of the molecule is CN=C(NCCC(=O)NC1CCCCC1)NC1CCN(CC(F)(F)F)C1. The topological polar surface area (TPSA) is 68.8 Å². The average Bonchev–Trinajstić information content (AvgIpc) is 2.99. The molecule has 1 saturated carbocycles. The van der Waals surface area contributed by atoms with Gasteiger partial charge >= 0.3 is 6.18 Å². The van der Waals surface area contributed by atoms with Crippen LogP contribution in [0.3, 0.4) is 0 Å². The third-order valence-corrected chi connectivity index (χ3v) is 4.85. The third kappa shape index (κ3) is 7.80. The van der Waals surface area contributed by atoms with Crippen molar-refractivity contribution in [3.63, 3.8) is 0 Å². The molecular weight excluding hydrogens is 347 g/mol. The predicted octanol–water partition coefficient (Wildman–Crippen LogP) is 1.63. The minimum Gasteiger partial charge on any atom is -0.356 e. The van der Waals surface area contributed by atoms with Gasteiger partial charge in [0.25, 0.3) is 0 Å². The number of rotatable bonds is 6. The van der Waals surface area contributed by atoms with Gasteiger partial charge < -0.3 is 16.0 Å². The molecule has 0 radical (unpaired) electrons. The number of carbonyl (C=O) groups is 1. The maximum atomic E-state index is 12.4. The second kappa shape index (κ2) is 9.99. The van der Waals surface area contributed by atoms with Gasteiger partial charge in [0.05, 0.1) is 6.54 Å². The molecule has 9 heteroatoms. The van der Waals surface area contributed by atoms with Gasteiger partial charge in [0.2, 0.25) is 5.91 Å². The Morgan fingerprint density at radius 2 is 1.85 bits per heavy atom. The van der Waals surface area contributed by atoms with Crippen molar-refractivity contribution in [1.82, 2.24) is 20.9 Å². The number of halogens is 3. The van der Waals surface area contributed by atoms with E-state index in [-0.39, 0.29) is 11.9 Å². The van der Waals surface area contributed by atoms with E-state index in [0.717, 1.165) is 12.8 Å². The second-order valence-electron chi connectivity index (χ2n) is 7.13. The van der Waals surface area contributed by atoms with Crippen molar-refractivity contribution in [3.05, 3.63) is 0 Å². The van der Waals surface area contributed by atoms with E-state index >= 15 is 0 Å². The summed E-state index contributed by atoms with van der Waals surface area (Å²) in [5.41, 5.74) is 0. The van der Waals surface area contributed by atoms with Crippen LogP contribution in [0.1, 0.15) is 44.9 Å². The van der Waals surface area contributed by atoms with E-state index in [0.29, 0.717) is 44.5 Å². The Labute approximate surface area is 153 Å². The molecule has 0 aromatic heterocycles. The van der Waals surface area contributed by atoms with Crippen LogP contribution in [-0.2, 0) is 4.79 Å². The summed E-state index contributed by atoms with van der Waals surface area (Å²) in [6, 6.07) is 0.228. The van der Waals surface area contributed by atoms with Gasteiger partial charge in [-0.1, -0.05) is 19.3 Å². The standard InChI is InChI=1S/C17H30F3N5O/c1-21-16(24-14-8-10-25(11-14)12-17(18,19)20)22-9-7-15(26)23-13-5-3-2-4-6-13/h13-14H,2-12H2,1H3,(H,23,26)(H2,21,22,24). The van der Waals surface area contributed by atoms with E-state index < -0.39 is 12.7 Å². The van der Waals surface area contributed by atoms with Crippen LogP contribution in [0.4, 0.5) is 13.2 Å². The molecule has 3 N–H and O–H groups in total. The number of hydrogen-bond donors (Lipinski definition) is 3. The lowest BCUT2D eigenvalue weighted by Crippen LogP contribution is -2.46. The minimum atomic E-state index is -4.17. The first kappa shape index (κ1) is 20.8. The van der Waals surface area contributed by atoms with Crippen molar-refractivity contribution in [2.75, 3.05) is 33.2 Å². The fourth-order valence-corrected chi connectivity index (χ4v) is 3.58. The van der Waals surface area contributed by atoms with Crippen molar-refractivity contribution in [2.24, 2.45) is 4.99 Å². The van der Waals surface area contributed by atoms with E-state index in [1.165, 1.54) is 24.2 Å². The fraction of sp³-hybridized carbons (Fsp3) is 0.882. The molecule has 1 heterocycles. The molecule has 1 unspecified atom stereocenters. The molecule has 6 nitrogen and oxygen atoms in total. The molecule has 0 aromatic rings. The van der Waals surface area contributed by atoms with Crippen LogP contribution in [0.25, 0.3) is 0 Å². The van der Waals surface area contributed by atoms with Gasteiger partial charge in [0.1, 0.15) is 0 Å². The zero-order valence-corrected chi connectivity index (χ0v) is 15.4. The number of carbonyl (C=O) groups excluding carboxylic acids is 1. The number of aliphatic imine (C=N–C) groups is 1. The molecule has 0 aromatic carbocycles. The molecule has 1 aliphatic heterocycles. The average molecular weight is 377 g/mol. The van der Waals surface area contributed by atoms with Gasteiger partial charge in [-0.05, 0) is 19.3 Å². The number of nitrogens with zero attached hydrogens (tertiary/aromatic N) is 2. The zero-order chi connectivity index (χ0) is 19.0. The van der Waals surface area contributed by atoms with E-state index in [1.807, 2.05) is 0 Å². The highest BCUT2D eigenvalue weighted by atomic mass is 19.4. The first-order valence-corrected chi connectivity index (χ1v) is 9.41. The highest BCUT2D eigenvalue weighted by Gasteiger charge is 2.34. The van der Waals surface area contributed by atoms with Crippen molar-refractivity contribution >= 4 is 11.9 Å². The molecule has 1 atom stereocenters. The third-order valence-electron chi connectivity index (χ3n) is 4.85. The Morgan fingerprint density at radius 3 is 2.50 bits per heavy atom. The summed E-state index contributed by atoms with van der Waals surface area (Å²) >= 11 is 0. The number of alkyl halides is 3. The monoisotopic (exact) mass is 377 g/mol. The molecule has 0 spiro atoms. The summed E-state index contributed by atoms with van der Waals surface area (Å²) < 4.78 is 37.3. The van der Waals surface area contributed by atoms with Crippen LogP contribution >= 0.6 is 0 Å². The lowest BCUT2D eigenvalue weighted by molar-refractivity contribution is -0.143. The fourth-order valence-electron chi connectivity index (χ4n) is 3.58. The van der Waals surface area contributed by atoms with Gasteiger partial charge in [-0.2, -0.15) is 13.2 Å². The van der Waals surface area contributed by atoms with E-state index in [4.69, 9.17) is 0 Å². The molecule has 1 amide bonds. The molecule has 2 fully saturated rings. The summed E-state index contributed by atoms with van der Waals surface area (Å²) in [7, 11) is 1.61. The lowest BCUT2D eigenvalue weighted by atomic mass is 9.95. The number of likely N-dealkylation sites (tertiary alicyclic amines) is 1. The van der Waals surface area contributed by atoms with Crippen LogP contribution in [-0.4, -0.2) is 68.3 Å². The van der Waals surface area contributed by atoms with Crippen LogP contribution in [0.5, 0.6) is 0 Å². The van der Waals surface area contributed by atoms with Gasteiger partial charge in [-0.15, -0.1) is 0 Å². The lowest BCUT2D eigenvalue weighted by Gasteiger charge is -2.23. The molecule has 2 aliphatic rings. The Kier molecular flexibility index (Phi) is 7.99. The van der Waals surface area contributed by atoms with Crippen molar-refractivity contribution in [1.29, 1.82) is 0 Å². The van der Waals surface area contributed by atoms with Crippen molar-refractivity contribution in [3.8, 4) is 0 Å². The smallest absolute Gasteiger partial charge is 0.356 e. The van der Waals surface area contributed by atoms with Crippen molar-refractivity contribution < 1.29 is 18.0 Å². The number of guanidine groups is 1. The van der Waals surface area contributed by atoms with Gasteiger partial charge in [0.15, 0.2) is 5.96 Å². The Hall–Kier alpha value is -1.51. The summed E-state index contributed by atoms with van der Waals surface area (Å²) in [6.07, 6.45) is 2.52. The Balaban J connectivity index is 1.62. The largest absolute Gasteiger partial charge is 0.401 e. The Morgan fingerprint density at radius 1 is 1.12 bits per heavy atom.